The lowest BCUT2D eigenvalue weighted by molar-refractivity contribution is -0.117. The Morgan fingerprint density at radius 3 is 2.55 bits per heavy atom. The van der Waals surface area contributed by atoms with Crippen molar-refractivity contribution in [2.24, 2.45) is 0 Å². The molecule has 1 amide bonds. The first-order valence-corrected chi connectivity index (χ1v) is 7.06. The molecule has 0 saturated carbocycles. The van der Waals surface area contributed by atoms with Crippen molar-refractivity contribution in [1.29, 1.82) is 0 Å². The lowest BCUT2D eigenvalue weighted by Gasteiger charge is -2.06. The number of carbonyl (C=O) groups is 1. The number of hydrogen-bond acceptors (Lipinski definition) is 3. The topological polar surface area (TPSA) is 64.7 Å². The normalized spacial score (nSPS) is 11.2. The van der Waals surface area contributed by atoms with Gasteiger partial charge < -0.3 is 5.32 Å². The van der Waals surface area contributed by atoms with Crippen molar-refractivity contribution >= 4 is 23.2 Å². The minimum absolute atomic E-state index is 0.113. The lowest BCUT2D eigenvalue weighted by Crippen LogP contribution is -2.20. The van der Waals surface area contributed by atoms with Crippen LogP contribution in [0.25, 0.3) is 0 Å². The standard InChI is InChI=1S/C13H16ClF2N5O/c1-4-20-7(2)9(5-17-20)18-10(22)6-21-8(3)11(14)12(19-21)13(15)16/h5,13H,4,6H2,1-3H3,(H,18,22). The molecule has 22 heavy (non-hydrogen) atoms. The maximum atomic E-state index is 12.7. The highest BCUT2D eigenvalue weighted by Gasteiger charge is 2.21. The first kappa shape index (κ1) is 16.4. The fraction of sp³-hybridized carbons (Fsp3) is 0.462. The van der Waals surface area contributed by atoms with Gasteiger partial charge in [-0.3, -0.25) is 14.2 Å². The van der Waals surface area contributed by atoms with E-state index in [1.807, 2.05) is 13.8 Å². The number of hydrogen-bond donors (Lipinski definition) is 1. The van der Waals surface area contributed by atoms with Crippen LogP contribution in [0.15, 0.2) is 6.20 Å². The molecule has 2 heterocycles. The number of amides is 1. The zero-order chi connectivity index (χ0) is 16.4. The molecule has 120 valence electrons. The maximum Gasteiger partial charge on any atom is 0.283 e. The summed E-state index contributed by atoms with van der Waals surface area (Å²) < 4.78 is 28.4. The number of aryl methyl sites for hydroxylation is 1. The SMILES string of the molecule is CCn1ncc(NC(=O)Cn2nc(C(F)F)c(Cl)c2C)c1C. The number of nitrogens with one attached hydrogen (secondary N) is 1. The summed E-state index contributed by atoms with van der Waals surface area (Å²) in [6.45, 7) is 5.79. The largest absolute Gasteiger partial charge is 0.322 e. The van der Waals surface area contributed by atoms with Crippen LogP contribution in [0.3, 0.4) is 0 Å². The zero-order valence-corrected chi connectivity index (χ0v) is 13.2. The van der Waals surface area contributed by atoms with Gasteiger partial charge in [0.25, 0.3) is 6.43 Å². The van der Waals surface area contributed by atoms with Crippen molar-refractivity contribution in [1.82, 2.24) is 19.6 Å². The Labute approximate surface area is 131 Å². The van der Waals surface area contributed by atoms with E-state index < -0.39 is 12.1 Å². The zero-order valence-electron chi connectivity index (χ0n) is 12.4. The number of nitrogens with zero attached hydrogens (tertiary/aromatic N) is 4. The minimum Gasteiger partial charge on any atom is -0.322 e. The molecule has 2 aromatic heterocycles. The van der Waals surface area contributed by atoms with Crippen molar-refractivity contribution in [2.45, 2.75) is 40.3 Å². The fourth-order valence-electron chi connectivity index (χ4n) is 2.05. The third-order valence-corrected chi connectivity index (χ3v) is 3.80. The van der Waals surface area contributed by atoms with Crippen LogP contribution in [0.1, 0.15) is 30.4 Å². The van der Waals surface area contributed by atoms with Crippen LogP contribution in [0, 0.1) is 13.8 Å². The van der Waals surface area contributed by atoms with Gasteiger partial charge >= 0.3 is 0 Å². The van der Waals surface area contributed by atoms with Crippen LogP contribution in [0.5, 0.6) is 0 Å². The number of aromatic nitrogens is 4. The predicted octanol–water partition coefficient (Wildman–Crippen LogP) is 2.95. The predicted molar refractivity (Wildman–Crippen MR) is 78.2 cm³/mol. The summed E-state index contributed by atoms with van der Waals surface area (Å²) in [7, 11) is 0. The van der Waals surface area contributed by atoms with Gasteiger partial charge in [0.1, 0.15) is 12.2 Å². The van der Waals surface area contributed by atoms with E-state index in [2.05, 4.69) is 15.5 Å². The molecule has 0 aromatic carbocycles. The Bertz CT molecular complexity index is 695. The molecule has 0 fully saturated rings. The summed E-state index contributed by atoms with van der Waals surface area (Å²) in [6, 6.07) is 0. The molecular weight excluding hydrogens is 316 g/mol. The molecule has 0 saturated heterocycles. The average Bonchev–Trinajstić information content (AvgIpc) is 2.94. The molecule has 0 radical (unpaired) electrons. The van der Waals surface area contributed by atoms with E-state index in [0.29, 0.717) is 17.9 Å². The van der Waals surface area contributed by atoms with Crippen LogP contribution >= 0.6 is 11.6 Å². The summed E-state index contributed by atoms with van der Waals surface area (Å²) in [4.78, 5) is 12.0. The summed E-state index contributed by atoms with van der Waals surface area (Å²) >= 11 is 5.79. The second kappa shape index (κ2) is 6.43. The molecule has 9 heteroatoms. The monoisotopic (exact) mass is 331 g/mol. The summed E-state index contributed by atoms with van der Waals surface area (Å²) in [5.41, 5.74) is 1.21. The van der Waals surface area contributed by atoms with Crippen LogP contribution < -0.4 is 5.32 Å². The smallest absolute Gasteiger partial charge is 0.283 e. The summed E-state index contributed by atoms with van der Waals surface area (Å²) in [6.07, 6.45) is -1.23. The second-order valence-electron chi connectivity index (χ2n) is 4.75. The molecule has 1 N–H and O–H groups in total. The van der Waals surface area contributed by atoms with Crippen molar-refractivity contribution in [3.8, 4) is 0 Å². The third kappa shape index (κ3) is 3.11. The quantitative estimate of drug-likeness (QED) is 0.916. The fourth-order valence-corrected chi connectivity index (χ4v) is 2.27. The first-order valence-electron chi connectivity index (χ1n) is 6.68. The molecule has 0 unspecified atom stereocenters. The molecule has 6 nitrogen and oxygen atoms in total. The highest BCUT2D eigenvalue weighted by Crippen LogP contribution is 2.28. The molecule has 2 aromatic rings. The van der Waals surface area contributed by atoms with Crippen LogP contribution in [-0.2, 0) is 17.9 Å². The number of alkyl halides is 2. The van der Waals surface area contributed by atoms with Gasteiger partial charge in [0.05, 0.1) is 28.3 Å². The van der Waals surface area contributed by atoms with Crippen molar-refractivity contribution in [3.63, 3.8) is 0 Å². The molecule has 0 bridgehead atoms. The van der Waals surface area contributed by atoms with E-state index in [-0.39, 0.29) is 17.5 Å². The Morgan fingerprint density at radius 2 is 2.05 bits per heavy atom. The van der Waals surface area contributed by atoms with E-state index in [1.54, 1.807) is 10.9 Å². The molecule has 2 rings (SSSR count). The van der Waals surface area contributed by atoms with Crippen LogP contribution in [-0.4, -0.2) is 25.5 Å². The number of rotatable bonds is 5. The van der Waals surface area contributed by atoms with Gasteiger partial charge in [-0.25, -0.2) is 8.78 Å². The summed E-state index contributed by atoms with van der Waals surface area (Å²) in [5, 5.41) is 10.4. The van der Waals surface area contributed by atoms with E-state index in [0.717, 1.165) is 5.69 Å². The average molecular weight is 332 g/mol. The van der Waals surface area contributed by atoms with Gasteiger partial charge in [-0.2, -0.15) is 10.2 Å². The van der Waals surface area contributed by atoms with Gasteiger partial charge in [-0.1, -0.05) is 11.6 Å². The van der Waals surface area contributed by atoms with E-state index in [9.17, 15) is 13.6 Å². The highest BCUT2D eigenvalue weighted by molar-refractivity contribution is 6.31. The van der Waals surface area contributed by atoms with Crippen molar-refractivity contribution in [2.75, 3.05) is 5.32 Å². The molecular formula is C13H16ClF2N5O. The van der Waals surface area contributed by atoms with Gasteiger partial charge in [-0.05, 0) is 20.8 Å². The number of carbonyl (C=O) groups excluding carboxylic acids is 1. The molecule has 0 aliphatic carbocycles. The van der Waals surface area contributed by atoms with Gasteiger partial charge in [0, 0.05) is 6.54 Å². The number of anilines is 1. The Hall–Kier alpha value is -1.96. The van der Waals surface area contributed by atoms with Crippen molar-refractivity contribution in [3.05, 3.63) is 28.3 Å². The van der Waals surface area contributed by atoms with Gasteiger partial charge in [-0.15, -0.1) is 0 Å². The van der Waals surface area contributed by atoms with E-state index in [1.165, 1.54) is 11.6 Å². The van der Waals surface area contributed by atoms with E-state index >= 15 is 0 Å². The van der Waals surface area contributed by atoms with Crippen molar-refractivity contribution < 1.29 is 13.6 Å². The van der Waals surface area contributed by atoms with Crippen LogP contribution in [0.4, 0.5) is 14.5 Å². The Balaban J connectivity index is 2.12. The number of halogens is 3. The third-order valence-electron chi connectivity index (χ3n) is 3.34. The summed E-state index contributed by atoms with van der Waals surface area (Å²) in [5.74, 6) is -0.387. The van der Waals surface area contributed by atoms with Gasteiger partial charge in [0.2, 0.25) is 5.91 Å². The second-order valence-corrected chi connectivity index (χ2v) is 5.13. The molecule has 0 aliphatic heterocycles. The molecule has 0 aliphatic rings. The lowest BCUT2D eigenvalue weighted by atomic mass is 10.3. The minimum atomic E-state index is -2.78. The van der Waals surface area contributed by atoms with Gasteiger partial charge in [0.15, 0.2) is 0 Å². The molecule has 0 atom stereocenters. The molecule has 0 spiro atoms. The van der Waals surface area contributed by atoms with E-state index in [4.69, 9.17) is 11.6 Å². The Morgan fingerprint density at radius 1 is 1.36 bits per heavy atom. The van der Waals surface area contributed by atoms with Crippen LogP contribution in [0.2, 0.25) is 5.02 Å². The highest BCUT2D eigenvalue weighted by atomic mass is 35.5. The Kier molecular flexibility index (Phi) is 4.80. The first-order chi connectivity index (χ1) is 10.3. The maximum absolute atomic E-state index is 12.7.